The minimum atomic E-state index is 0.441. The Kier molecular flexibility index (Phi) is 4.81. The van der Waals surface area contributed by atoms with Crippen molar-refractivity contribution >= 4 is 0 Å². The molecule has 0 atom stereocenters. The van der Waals surface area contributed by atoms with E-state index >= 15 is 0 Å². The summed E-state index contributed by atoms with van der Waals surface area (Å²) in [6.07, 6.45) is 0. The maximum atomic E-state index is 8.50. The maximum absolute atomic E-state index is 8.50. The number of hydrogen-bond acceptors (Lipinski definition) is 3. The molecule has 0 spiro atoms. The van der Waals surface area contributed by atoms with E-state index in [0.29, 0.717) is 13.2 Å². The molecule has 3 nitrogen and oxygen atoms in total. The summed E-state index contributed by atoms with van der Waals surface area (Å²) in [5.74, 6) is 0.936. The molecule has 0 saturated carbocycles. The molecule has 16 heavy (non-hydrogen) atoms. The molecule has 0 aromatic heterocycles. The molecular formula is C13H18N2O. The average molecular weight is 218 g/mol. The molecule has 0 amide bonds. The van der Waals surface area contributed by atoms with Gasteiger partial charge in [0.25, 0.3) is 0 Å². The quantitative estimate of drug-likeness (QED) is 0.710. The number of benzene rings is 1. The van der Waals surface area contributed by atoms with E-state index in [4.69, 9.17) is 10.00 Å². The lowest BCUT2D eigenvalue weighted by Gasteiger charge is -2.14. The first-order chi connectivity index (χ1) is 7.63. The molecule has 0 saturated heterocycles. The Hall–Kier alpha value is -1.53. The zero-order chi connectivity index (χ0) is 12.0. The Morgan fingerprint density at radius 2 is 2.12 bits per heavy atom. The van der Waals surface area contributed by atoms with Crippen molar-refractivity contribution in [2.45, 2.75) is 13.8 Å². The van der Waals surface area contributed by atoms with E-state index < -0.39 is 0 Å². The van der Waals surface area contributed by atoms with Crippen LogP contribution in [0, 0.1) is 25.2 Å². The van der Waals surface area contributed by atoms with Crippen LogP contribution in [0.3, 0.4) is 0 Å². The van der Waals surface area contributed by atoms with Crippen molar-refractivity contribution in [3.63, 3.8) is 0 Å². The molecule has 0 heterocycles. The molecule has 1 rings (SSSR count). The fourth-order valence-electron chi connectivity index (χ4n) is 1.37. The Balaban J connectivity index is 2.43. The van der Waals surface area contributed by atoms with Crippen molar-refractivity contribution in [2.75, 3.05) is 26.7 Å². The summed E-state index contributed by atoms with van der Waals surface area (Å²) in [4.78, 5) is 1.94. The molecule has 1 aromatic carbocycles. The van der Waals surface area contributed by atoms with Crippen molar-refractivity contribution in [2.24, 2.45) is 0 Å². The predicted octanol–water partition coefficient (Wildman–Crippen LogP) is 2.14. The van der Waals surface area contributed by atoms with Crippen LogP contribution in [-0.4, -0.2) is 31.6 Å². The van der Waals surface area contributed by atoms with E-state index in [0.717, 1.165) is 17.9 Å². The standard InChI is InChI=1S/C13H18N2O/c1-11-4-5-12(2)13(10-11)16-9-8-15(3)7-6-14/h4-5,10H,7-9H2,1-3H3. The molecule has 0 fully saturated rings. The van der Waals surface area contributed by atoms with Gasteiger partial charge in [0.1, 0.15) is 12.4 Å². The monoisotopic (exact) mass is 218 g/mol. The van der Waals surface area contributed by atoms with Crippen molar-refractivity contribution in [1.82, 2.24) is 4.90 Å². The fraction of sp³-hybridized carbons (Fsp3) is 0.462. The van der Waals surface area contributed by atoms with Crippen LogP contribution in [0.1, 0.15) is 11.1 Å². The highest BCUT2D eigenvalue weighted by molar-refractivity contribution is 5.35. The molecule has 86 valence electrons. The van der Waals surface area contributed by atoms with Gasteiger partial charge in [0, 0.05) is 6.54 Å². The van der Waals surface area contributed by atoms with Crippen molar-refractivity contribution in [3.8, 4) is 11.8 Å². The summed E-state index contributed by atoms with van der Waals surface area (Å²) >= 11 is 0. The molecule has 1 aromatic rings. The molecule has 0 radical (unpaired) electrons. The van der Waals surface area contributed by atoms with E-state index in [2.05, 4.69) is 18.2 Å². The lowest BCUT2D eigenvalue weighted by atomic mass is 10.1. The van der Waals surface area contributed by atoms with E-state index in [1.165, 1.54) is 5.56 Å². The minimum absolute atomic E-state index is 0.441. The van der Waals surface area contributed by atoms with Crippen molar-refractivity contribution in [3.05, 3.63) is 29.3 Å². The van der Waals surface area contributed by atoms with Gasteiger partial charge in [-0.3, -0.25) is 4.90 Å². The second-order valence-electron chi connectivity index (χ2n) is 4.01. The van der Waals surface area contributed by atoms with Gasteiger partial charge in [-0.1, -0.05) is 12.1 Å². The smallest absolute Gasteiger partial charge is 0.122 e. The predicted molar refractivity (Wildman–Crippen MR) is 64.5 cm³/mol. The topological polar surface area (TPSA) is 36.3 Å². The number of aryl methyl sites for hydroxylation is 2. The number of hydrogen-bond donors (Lipinski definition) is 0. The molecule has 0 aliphatic carbocycles. The molecule has 3 heteroatoms. The Morgan fingerprint density at radius 3 is 2.81 bits per heavy atom. The summed E-state index contributed by atoms with van der Waals surface area (Å²) in [6.45, 7) is 5.90. The van der Waals surface area contributed by atoms with Gasteiger partial charge in [0.2, 0.25) is 0 Å². The van der Waals surface area contributed by atoms with Crippen LogP contribution in [0.5, 0.6) is 5.75 Å². The Labute approximate surface area is 97.3 Å². The minimum Gasteiger partial charge on any atom is -0.492 e. The lowest BCUT2D eigenvalue weighted by molar-refractivity contribution is 0.250. The highest BCUT2D eigenvalue weighted by Crippen LogP contribution is 2.18. The van der Waals surface area contributed by atoms with Gasteiger partial charge in [0.15, 0.2) is 0 Å². The third-order valence-electron chi connectivity index (χ3n) is 2.41. The summed E-state index contributed by atoms with van der Waals surface area (Å²) in [5, 5.41) is 8.50. The second-order valence-corrected chi connectivity index (χ2v) is 4.01. The van der Waals surface area contributed by atoms with Crippen LogP contribution in [0.25, 0.3) is 0 Å². The second kappa shape index (κ2) is 6.14. The number of ether oxygens (including phenoxy) is 1. The van der Waals surface area contributed by atoms with E-state index in [-0.39, 0.29) is 0 Å². The third kappa shape index (κ3) is 3.92. The highest BCUT2D eigenvalue weighted by Gasteiger charge is 2.01. The third-order valence-corrected chi connectivity index (χ3v) is 2.41. The Morgan fingerprint density at radius 1 is 1.38 bits per heavy atom. The molecular weight excluding hydrogens is 200 g/mol. The van der Waals surface area contributed by atoms with E-state index in [1.54, 1.807) is 0 Å². The van der Waals surface area contributed by atoms with Crippen molar-refractivity contribution in [1.29, 1.82) is 5.26 Å². The van der Waals surface area contributed by atoms with Crippen LogP contribution in [0.2, 0.25) is 0 Å². The van der Waals surface area contributed by atoms with Gasteiger partial charge < -0.3 is 4.74 Å². The van der Waals surface area contributed by atoms with Gasteiger partial charge in [-0.15, -0.1) is 0 Å². The van der Waals surface area contributed by atoms with Crippen LogP contribution in [0.4, 0.5) is 0 Å². The normalized spacial score (nSPS) is 10.2. The van der Waals surface area contributed by atoms with Crippen LogP contribution in [-0.2, 0) is 0 Å². The number of nitrogens with zero attached hydrogens (tertiary/aromatic N) is 2. The maximum Gasteiger partial charge on any atom is 0.122 e. The van der Waals surface area contributed by atoms with E-state index in [1.807, 2.05) is 31.9 Å². The molecule has 0 N–H and O–H groups in total. The van der Waals surface area contributed by atoms with Gasteiger partial charge in [-0.25, -0.2) is 0 Å². The number of nitriles is 1. The van der Waals surface area contributed by atoms with Gasteiger partial charge >= 0.3 is 0 Å². The first-order valence-corrected chi connectivity index (χ1v) is 5.39. The average Bonchev–Trinajstić information content (AvgIpc) is 2.23. The summed E-state index contributed by atoms with van der Waals surface area (Å²) in [6, 6.07) is 8.28. The molecule has 0 aliphatic rings. The highest BCUT2D eigenvalue weighted by atomic mass is 16.5. The lowest BCUT2D eigenvalue weighted by Crippen LogP contribution is -2.24. The van der Waals surface area contributed by atoms with Crippen LogP contribution < -0.4 is 4.74 Å². The summed E-state index contributed by atoms with van der Waals surface area (Å²) in [7, 11) is 1.91. The summed E-state index contributed by atoms with van der Waals surface area (Å²) in [5.41, 5.74) is 2.35. The van der Waals surface area contributed by atoms with Crippen molar-refractivity contribution < 1.29 is 4.74 Å². The SMILES string of the molecule is Cc1ccc(C)c(OCCN(C)CC#N)c1. The van der Waals surface area contributed by atoms with Crippen LogP contribution in [0.15, 0.2) is 18.2 Å². The number of likely N-dealkylation sites (N-methyl/N-ethyl adjacent to an activating group) is 1. The zero-order valence-corrected chi connectivity index (χ0v) is 10.2. The zero-order valence-electron chi connectivity index (χ0n) is 10.2. The van der Waals surface area contributed by atoms with E-state index in [9.17, 15) is 0 Å². The molecule has 0 unspecified atom stereocenters. The molecule has 0 aliphatic heterocycles. The van der Waals surface area contributed by atoms with Gasteiger partial charge in [-0.05, 0) is 38.1 Å². The van der Waals surface area contributed by atoms with Gasteiger partial charge in [0.05, 0.1) is 12.6 Å². The summed E-state index contributed by atoms with van der Waals surface area (Å²) < 4.78 is 5.68. The first kappa shape index (κ1) is 12.5. The molecule has 0 bridgehead atoms. The first-order valence-electron chi connectivity index (χ1n) is 5.39. The fourth-order valence-corrected chi connectivity index (χ4v) is 1.37. The largest absolute Gasteiger partial charge is 0.492 e. The van der Waals surface area contributed by atoms with Crippen LogP contribution >= 0.6 is 0 Å². The number of rotatable bonds is 5. The Bertz CT molecular complexity index is 382. The van der Waals surface area contributed by atoms with Gasteiger partial charge in [-0.2, -0.15) is 5.26 Å².